The van der Waals surface area contributed by atoms with E-state index >= 15 is 0 Å². The van der Waals surface area contributed by atoms with Gasteiger partial charge in [-0.1, -0.05) is 0 Å². The van der Waals surface area contributed by atoms with E-state index in [1.165, 1.54) is 28.5 Å². The molecule has 0 saturated carbocycles. The van der Waals surface area contributed by atoms with Crippen LogP contribution in [0.1, 0.15) is 16.8 Å². The molecule has 13 heteroatoms. The number of anilines is 1. The van der Waals surface area contributed by atoms with Crippen LogP contribution in [-0.2, 0) is 11.3 Å². The van der Waals surface area contributed by atoms with Crippen LogP contribution in [0.4, 0.5) is 14.5 Å². The first-order valence-electron chi connectivity index (χ1n) is 11.6. The van der Waals surface area contributed by atoms with E-state index in [4.69, 9.17) is 9.47 Å². The van der Waals surface area contributed by atoms with E-state index in [0.29, 0.717) is 42.3 Å². The third-order valence-electron chi connectivity index (χ3n) is 5.90. The number of carbonyl (C=O) groups excluding carboxylic acids is 1. The predicted octanol–water partition coefficient (Wildman–Crippen LogP) is 3.55. The van der Waals surface area contributed by atoms with Crippen LogP contribution in [0.2, 0.25) is 0 Å². The second-order valence-electron chi connectivity index (χ2n) is 8.31. The number of rotatable bonds is 10. The summed E-state index contributed by atoms with van der Waals surface area (Å²) >= 11 is 1.45. The molecule has 4 aromatic rings. The van der Waals surface area contributed by atoms with Crippen LogP contribution < -0.4 is 15.4 Å². The Bertz CT molecular complexity index is 1390. The van der Waals surface area contributed by atoms with Crippen molar-refractivity contribution in [1.82, 2.24) is 29.7 Å². The Labute approximate surface area is 215 Å². The number of halogens is 2. The number of hydrogen-bond donors (Lipinski definition) is 2. The maximum absolute atomic E-state index is 13.2. The van der Waals surface area contributed by atoms with Crippen molar-refractivity contribution in [2.24, 2.45) is 0 Å². The molecule has 5 rings (SSSR count). The van der Waals surface area contributed by atoms with Crippen molar-refractivity contribution >= 4 is 29.0 Å². The molecular weight excluding hydrogens is 504 g/mol. The van der Waals surface area contributed by atoms with Gasteiger partial charge in [-0.15, -0.1) is 11.8 Å². The molecular formula is C24H25F2N7O3S. The number of amides is 1. The summed E-state index contributed by atoms with van der Waals surface area (Å²) < 4.78 is 39.8. The van der Waals surface area contributed by atoms with E-state index in [-0.39, 0.29) is 17.4 Å². The molecule has 1 atom stereocenters. The van der Waals surface area contributed by atoms with Gasteiger partial charge in [-0.25, -0.2) is 9.50 Å². The van der Waals surface area contributed by atoms with Gasteiger partial charge >= 0.3 is 6.61 Å². The molecule has 0 bridgehead atoms. The summed E-state index contributed by atoms with van der Waals surface area (Å²) in [5, 5.41) is 15.1. The monoisotopic (exact) mass is 529 g/mol. The summed E-state index contributed by atoms with van der Waals surface area (Å²) in [6.07, 6.45) is 9.18. The van der Waals surface area contributed by atoms with Gasteiger partial charge in [0.15, 0.2) is 5.65 Å². The smallest absolute Gasteiger partial charge is 0.387 e. The van der Waals surface area contributed by atoms with E-state index in [0.717, 1.165) is 17.9 Å². The SMILES string of the molecule is CSc1ccc(OC(F)F)c(-c2nn(CCN[C@H]3CCOC3)cc2NC(=O)c2cnn3cccnc23)c1. The Morgan fingerprint density at radius 3 is 3.05 bits per heavy atom. The molecule has 37 heavy (non-hydrogen) atoms. The first kappa shape index (κ1) is 25.1. The fourth-order valence-corrected chi connectivity index (χ4v) is 4.54. The highest BCUT2D eigenvalue weighted by Gasteiger charge is 2.22. The number of ether oxygens (including phenoxy) is 2. The van der Waals surface area contributed by atoms with Gasteiger partial charge in [0.1, 0.15) is 17.0 Å². The highest BCUT2D eigenvalue weighted by atomic mass is 32.2. The maximum Gasteiger partial charge on any atom is 0.387 e. The number of benzene rings is 1. The number of nitrogens with zero attached hydrogens (tertiary/aromatic N) is 5. The number of aromatic nitrogens is 5. The molecule has 2 N–H and O–H groups in total. The first-order chi connectivity index (χ1) is 18.0. The Hall–Kier alpha value is -3.55. The Kier molecular flexibility index (Phi) is 7.63. The van der Waals surface area contributed by atoms with Gasteiger partial charge in [-0.2, -0.15) is 19.0 Å². The lowest BCUT2D eigenvalue weighted by molar-refractivity contribution is -0.0494. The highest BCUT2D eigenvalue weighted by molar-refractivity contribution is 7.98. The zero-order chi connectivity index (χ0) is 25.8. The van der Waals surface area contributed by atoms with Crippen LogP contribution >= 0.6 is 11.8 Å². The Morgan fingerprint density at radius 1 is 1.38 bits per heavy atom. The number of thioether (sulfide) groups is 1. The van der Waals surface area contributed by atoms with E-state index in [9.17, 15) is 13.6 Å². The van der Waals surface area contributed by atoms with Crippen LogP contribution in [0.25, 0.3) is 16.9 Å². The summed E-state index contributed by atoms with van der Waals surface area (Å²) in [6.45, 7) is -0.510. The standard InChI is InChI=1S/C24H25F2N7O3S/c1-37-16-3-4-20(36-24(25)26)17(11-16)21-19(13-32(31-21)9-7-27-15-5-10-35-14-15)30-23(34)18-12-29-33-8-2-6-28-22(18)33/h2-4,6,8,11-13,15,24,27H,5,7,9-10,14H2,1H3,(H,30,34)/t15-/m0/s1. The Morgan fingerprint density at radius 2 is 2.27 bits per heavy atom. The normalized spacial score (nSPS) is 15.5. The fraction of sp³-hybridized carbons (Fsp3) is 0.333. The molecule has 1 fully saturated rings. The summed E-state index contributed by atoms with van der Waals surface area (Å²) in [5.74, 6) is -0.486. The average Bonchev–Trinajstić information content (AvgIpc) is 3.64. The second kappa shape index (κ2) is 11.2. The molecule has 1 saturated heterocycles. The van der Waals surface area contributed by atoms with Gasteiger partial charge in [0.2, 0.25) is 0 Å². The largest absolute Gasteiger partial charge is 0.434 e. The molecule has 0 unspecified atom stereocenters. The molecule has 4 heterocycles. The van der Waals surface area contributed by atoms with Crippen molar-refractivity contribution in [2.45, 2.75) is 30.5 Å². The van der Waals surface area contributed by atoms with E-state index in [2.05, 4.69) is 25.8 Å². The lowest BCUT2D eigenvalue weighted by Crippen LogP contribution is -2.32. The lowest BCUT2D eigenvalue weighted by Gasteiger charge is -2.12. The number of hydrogen-bond acceptors (Lipinski definition) is 8. The zero-order valence-electron chi connectivity index (χ0n) is 19.9. The van der Waals surface area contributed by atoms with Gasteiger partial charge in [-0.3, -0.25) is 9.48 Å². The van der Waals surface area contributed by atoms with Crippen LogP contribution in [0.3, 0.4) is 0 Å². The van der Waals surface area contributed by atoms with Crippen LogP contribution in [0.5, 0.6) is 5.75 Å². The van der Waals surface area contributed by atoms with Crippen molar-refractivity contribution in [2.75, 3.05) is 31.3 Å². The summed E-state index contributed by atoms with van der Waals surface area (Å²) in [5.41, 5.74) is 1.67. The van der Waals surface area contributed by atoms with E-state index in [1.807, 2.05) is 6.26 Å². The summed E-state index contributed by atoms with van der Waals surface area (Å²) in [4.78, 5) is 18.3. The van der Waals surface area contributed by atoms with Crippen LogP contribution in [0.15, 0.2) is 53.9 Å². The van der Waals surface area contributed by atoms with Crippen LogP contribution in [0, 0.1) is 0 Å². The average molecular weight is 530 g/mol. The van der Waals surface area contributed by atoms with Crippen LogP contribution in [-0.4, -0.2) is 69.0 Å². The highest BCUT2D eigenvalue weighted by Crippen LogP contribution is 2.37. The van der Waals surface area contributed by atoms with Gasteiger partial charge in [0.25, 0.3) is 5.91 Å². The molecule has 194 valence electrons. The number of alkyl halides is 2. The molecule has 1 amide bonds. The zero-order valence-corrected chi connectivity index (χ0v) is 20.8. The number of nitrogens with one attached hydrogen (secondary N) is 2. The molecule has 3 aromatic heterocycles. The van der Waals surface area contributed by atoms with Crippen molar-refractivity contribution in [1.29, 1.82) is 0 Å². The van der Waals surface area contributed by atoms with Gasteiger partial charge in [0, 0.05) is 48.2 Å². The van der Waals surface area contributed by atoms with E-state index < -0.39 is 12.5 Å². The quantitative estimate of drug-likeness (QED) is 0.301. The molecule has 1 aliphatic rings. The lowest BCUT2D eigenvalue weighted by atomic mass is 10.1. The van der Waals surface area contributed by atoms with Crippen molar-refractivity contribution in [3.05, 3.63) is 54.6 Å². The van der Waals surface area contributed by atoms with E-state index in [1.54, 1.807) is 41.5 Å². The number of fused-ring (bicyclic) bond motifs is 1. The molecule has 0 aliphatic carbocycles. The summed E-state index contributed by atoms with van der Waals surface area (Å²) in [6, 6.07) is 6.88. The predicted molar refractivity (Wildman–Crippen MR) is 134 cm³/mol. The molecule has 1 aromatic carbocycles. The second-order valence-corrected chi connectivity index (χ2v) is 9.19. The minimum absolute atomic E-state index is 0.0348. The van der Waals surface area contributed by atoms with Gasteiger partial charge < -0.3 is 20.1 Å². The minimum Gasteiger partial charge on any atom is -0.434 e. The third-order valence-corrected chi connectivity index (χ3v) is 6.62. The molecule has 0 radical (unpaired) electrons. The molecule has 10 nitrogen and oxygen atoms in total. The molecule has 1 aliphatic heterocycles. The number of carbonyl (C=O) groups is 1. The molecule has 0 spiro atoms. The van der Waals surface area contributed by atoms with Crippen molar-refractivity contribution in [3.8, 4) is 17.0 Å². The van der Waals surface area contributed by atoms with Gasteiger partial charge in [0.05, 0.1) is 25.0 Å². The Balaban J connectivity index is 1.48. The third kappa shape index (κ3) is 5.73. The van der Waals surface area contributed by atoms with Crippen molar-refractivity contribution < 1.29 is 23.0 Å². The first-order valence-corrected chi connectivity index (χ1v) is 12.9. The topological polar surface area (TPSA) is 108 Å². The fourth-order valence-electron chi connectivity index (χ4n) is 4.10. The maximum atomic E-state index is 13.2. The van der Waals surface area contributed by atoms with Gasteiger partial charge in [-0.05, 0) is 36.9 Å². The van der Waals surface area contributed by atoms with Crippen molar-refractivity contribution in [3.63, 3.8) is 0 Å². The summed E-state index contributed by atoms with van der Waals surface area (Å²) in [7, 11) is 0. The minimum atomic E-state index is -3.01.